The summed E-state index contributed by atoms with van der Waals surface area (Å²) in [5.74, 6) is 0.911. The molecule has 0 bridgehead atoms. The molecule has 0 aliphatic heterocycles. The van der Waals surface area contributed by atoms with Crippen molar-refractivity contribution in [1.82, 2.24) is 15.1 Å². The lowest BCUT2D eigenvalue weighted by molar-refractivity contribution is -0.141. The second kappa shape index (κ2) is 8.81. The SMILES string of the molecule is CCOc1ccccc1NC(=S)NCCCn1nc(C(F)(F)F)cc1C1CC1. The first-order chi connectivity index (χ1) is 13.4. The first-order valence-corrected chi connectivity index (χ1v) is 9.71. The molecule has 1 saturated carbocycles. The number of alkyl halides is 3. The lowest BCUT2D eigenvalue weighted by Gasteiger charge is -2.14. The van der Waals surface area contributed by atoms with Gasteiger partial charge in [0.1, 0.15) is 5.75 Å². The number of nitrogens with one attached hydrogen (secondary N) is 2. The number of ether oxygens (including phenoxy) is 1. The predicted molar refractivity (Wildman–Crippen MR) is 106 cm³/mol. The third-order valence-electron chi connectivity index (χ3n) is 4.36. The highest BCUT2D eigenvalue weighted by Gasteiger charge is 2.37. The molecule has 0 saturated heterocycles. The molecule has 0 atom stereocenters. The van der Waals surface area contributed by atoms with Crippen molar-refractivity contribution in [3.05, 3.63) is 41.7 Å². The van der Waals surface area contributed by atoms with Crippen LogP contribution in [0.15, 0.2) is 30.3 Å². The molecule has 1 aromatic heterocycles. The maximum Gasteiger partial charge on any atom is 0.435 e. The van der Waals surface area contributed by atoms with Gasteiger partial charge in [-0.2, -0.15) is 18.3 Å². The molecule has 1 aromatic carbocycles. The average Bonchev–Trinajstić information content (AvgIpc) is 3.39. The summed E-state index contributed by atoms with van der Waals surface area (Å²) in [5.41, 5.74) is 0.630. The number of aryl methyl sites for hydroxylation is 1. The third-order valence-corrected chi connectivity index (χ3v) is 4.61. The summed E-state index contributed by atoms with van der Waals surface area (Å²) in [6, 6.07) is 8.65. The number of benzene rings is 1. The fraction of sp³-hybridized carbons (Fsp3) is 0.474. The Morgan fingerprint density at radius 3 is 2.75 bits per heavy atom. The van der Waals surface area contributed by atoms with Crippen molar-refractivity contribution >= 4 is 23.0 Å². The molecule has 2 N–H and O–H groups in total. The third kappa shape index (κ3) is 5.37. The van der Waals surface area contributed by atoms with Crippen molar-refractivity contribution in [2.24, 2.45) is 0 Å². The van der Waals surface area contributed by atoms with Crippen molar-refractivity contribution in [3.8, 4) is 5.75 Å². The highest BCUT2D eigenvalue weighted by atomic mass is 32.1. The van der Waals surface area contributed by atoms with Crippen LogP contribution in [0.3, 0.4) is 0 Å². The first kappa shape index (κ1) is 20.4. The molecule has 0 spiro atoms. The van der Waals surface area contributed by atoms with Crippen LogP contribution in [0, 0.1) is 0 Å². The molecule has 0 amide bonds. The number of hydrogen-bond acceptors (Lipinski definition) is 3. The van der Waals surface area contributed by atoms with Gasteiger partial charge < -0.3 is 15.4 Å². The number of thiocarbonyl (C=S) groups is 1. The molecule has 0 unspecified atom stereocenters. The maximum absolute atomic E-state index is 12.9. The summed E-state index contributed by atoms with van der Waals surface area (Å²) >= 11 is 5.29. The average molecular weight is 412 g/mol. The van der Waals surface area contributed by atoms with Crippen molar-refractivity contribution in [3.63, 3.8) is 0 Å². The Kier molecular flexibility index (Phi) is 6.43. The van der Waals surface area contributed by atoms with Crippen LogP contribution in [-0.2, 0) is 12.7 Å². The molecule has 1 heterocycles. The first-order valence-electron chi connectivity index (χ1n) is 9.30. The number of aromatic nitrogens is 2. The predicted octanol–water partition coefficient (Wildman–Crippen LogP) is 4.55. The van der Waals surface area contributed by atoms with E-state index in [-0.39, 0.29) is 5.92 Å². The minimum Gasteiger partial charge on any atom is -0.492 e. The molecule has 5 nitrogen and oxygen atoms in total. The second-order valence-corrected chi connectivity index (χ2v) is 7.02. The summed E-state index contributed by atoms with van der Waals surface area (Å²) in [5, 5.41) is 10.3. The van der Waals surface area contributed by atoms with Crippen LogP contribution < -0.4 is 15.4 Å². The van der Waals surface area contributed by atoms with E-state index in [1.807, 2.05) is 31.2 Å². The fourth-order valence-electron chi connectivity index (χ4n) is 2.91. The van der Waals surface area contributed by atoms with Gasteiger partial charge in [0.25, 0.3) is 0 Å². The highest BCUT2D eigenvalue weighted by molar-refractivity contribution is 7.80. The molecule has 28 heavy (non-hydrogen) atoms. The minimum atomic E-state index is -4.41. The normalized spacial score (nSPS) is 14.0. The molecule has 152 valence electrons. The van der Waals surface area contributed by atoms with E-state index in [2.05, 4.69) is 15.7 Å². The van der Waals surface area contributed by atoms with Gasteiger partial charge in [-0.3, -0.25) is 4.68 Å². The van der Waals surface area contributed by atoms with Crippen molar-refractivity contribution in [2.45, 2.75) is 44.8 Å². The zero-order chi connectivity index (χ0) is 20.1. The Bertz CT molecular complexity index is 818. The summed E-state index contributed by atoms with van der Waals surface area (Å²) < 4.78 is 45.8. The standard InChI is InChI=1S/C19H23F3N4OS/c1-2-27-16-7-4-3-6-14(16)24-18(28)23-10-5-11-26-15(13-8-9-13)12-17(25-26)19(20,21)22/h3-4,6-7,12-13H,2,5,8-11H2,1H3,(H2,23,24,28). The lowest BCUT2D eigenvalue weighted by Crippen LogP contribution is -2.30. The molecule has 3 rings (SSSR count). The Balaban J connectivity index is 1.50. The second-order valence-electron chi connectivity index (χ2n) is 6.61. The highest BCUT2D eigenvalue weighted by Crippen LogP contribution is 2.42. The lowest BCUT2D eigenvalue weighted by atomic mass is 10.2. The Morgan fingerprint density at radius 2 is 2.07 bits per heavy atom. The van der Waals surface area contributed by atoms with Crippen molar-refractivity contribution < 1.29 is 17.9 Å². The van der Waals surface area contributed by atoms with Crippen LogP contribution >= 0.6 is 12.2 Å². The Morgan fingerprint density at radius 1 is 1.32 bits per heavy atom. The van der Waals surface area contributed by atoms with Gasteiger partial charge >= 0.3 is 6.18 Å². The van der Waals surface area contributed by atoms with Crippen LogP contribution in [0.5, 0.6) is 5.75 Å². The molecule has 9 heteroatoms. The van der Waals surface area contributed by atoms with Gasteiger partial charge in [0.05, 0.1) is 12.3 Å². The van der Waals surface area contributed by atoms with Crippen molar-refractivity contribution in [2.75, 3.05) is 18.5 Å². The zero-order valence-corrected chi connectivity index (χ0v) is 16.4. The summed E-state index contributed by atoms with van der Waals surface area (Å²) in [4.78, 5) is 0. The fourth-order valence-corrected chi connectivity index (χ4v) is 3.12. The van der Waals surface area contributed by atoms with Crippen molar-refractivity contribution in [1.29, 1.82) is 0 Å². The monoisotopic (exact) mass is 412 g/mol. The van der Waals surface area contributed by atoms with E-state index in [9.17, 15) is 13.2 Å². The maximum atomic E-state index is 12.9. The van der Waals surface area contributed by atoms with E-state index in [0.717, 1.165) is 18.5 Å². The van der Waals surface area contributed by atoms with E-state index < -0.39 is 11.9 Å². The van der Waals surface area contributed by atoms with Gasteiger partial charge in [-0.15, -0.1) is 0 Å². The van der Waals surface area contributed by atoms with Crippen LogP contribution in [0.2, 0.25) is 0 Å². The summed E-state index contributed by atoms with van der Waals surface area (Å²) in [6.07, 6.45) is -1.96. The van der Waals surface area contributed by atoms with Gasteiger partial charge in [0, 0.05) is 24.7 Å². The number of nitrogens with zero attached hydrogens (tertiary/aromatic N) is 2. The van der Waals surface area contributed by atoms with Gasteiger partial charge in [-0.1, -0.05) is 12.1 Å². The minimum absolute atomic E-state index is 0.203. The van der Waals surface area contributed by atoms with Gasteiger partial charge in [-0.05, 0) is 56.6 Å². The zero-order valence-electron chi connectivity index (χ0n) is 15.6. The van der Waals surface area contributed by atoms with E-state index >= 15 is 0 Å². The van der Waals surface area contributed by atoms with E-state index in [0.29, 0.717) is 42.7 Å². The van der Waals surface area contributed by atoms with E-state index in [1.165, 1.54) is 10.7 Å². The number of rotatable bonds is 8. The molecular weight excluding hydrogens is 389 g/mol. The van der Waals surface area contributed by atoms with Gasteiger partial charge in [0.15, 0.2) is 10.8 Å². The smallest absolute Gasteiger partial charge is 0.435 e. The van der Waals surface area contributed by atoms with Crippen LogP contribution in [0.1, 0.15) is 43.5 Å². The number of hydrogen-bond donors (Lipinski definition) is 2. The summed E-state index contributed by atoms with van der Waals surface area (Å²) in [6.45, 7) is 3.38. The Hall–Kier alpha value is -2.29. The quantitative estimate of drug-likeness (QED) is 0.492. The topological polar surface area (TPSA) is 51.1 Å². The number of halogens is 3. The molecule has 2 aromatic rings. The Labute approximate surface area is 167 Å². The van der Waals surface area contributed by atoms with Crippen LogP contribution in [0.4, 0.5) is 18.9 Å². The van der Waals surface area contributed by atoms with Gasteiger partial charge in [0.2, 0.25) is 0 Å². The van der Waals surface area contributed by atoms with E-state index in [1.54, 1.807) is 0 Å². The molecule has 1 aliphatic carbocycles. The van der Waals surface area contributed by atoms with Crippen LogP contribution in [0.25, 0.3) is 0 Å². The number of anilines is 1. The largest absolute Gasteiger partial charge is 0.492 e. The van der Waals surface area contributed by atoms with Crippen LogP contribution in [-0.4, -0.2) is 28.0 Å². The molecule has 1 fully saturated rings. The molecule has 1 aliphatic rings. The summed E-state index contributed by atoms with van der Waals surface area (Å²) in [7, 11) is 0. The number of para-hydroxylation sites is 2. The van der Waals surface area contributed by atoms with E-state index in [4.69, 9.17) is 17.0 Å². The van der Waals surface area contributed by atoms with Gasteiger partial charge in [-0.25, -0.2) is 0 Å². The molecular formula is C19H23F3N4OS. The molecule has 0 radical (unpaired) electrons.